The molecule has 0 bridgehead atoms. The lowest BCUT2D eigenvalue weighted by Crippen LogP contribution is -2.37. The minimum Gasteiger partial charge on any atom is -0.452 e. The van der Waals surface area contributed by atoms with Crippen LogP contribution in [0.1, 0.15) is 12.6 Å². The second-order valence-corrected chi connectivity index (χ2v) is 5.14. The predicted octanol–water partition coefficient (Wildman–Crippen LogP) is 0.160. The van der Waals surface area contributed by atoms with Crippen molar-refractivity contribution in [1.29, 1.82) is 0 Å². The number of methoxy groups -OCH3 is 1. The van der Waals surface area contributed by atoms with Gasteiger partial charge in [0.2, 0.25) is 0 Å². The third-order valence-electron chi connectivity index (χ3n) is 3.37. The van der Waals surface area contributed by atoms with Crippen LogP contribution in [-0.2, 0) is 25.5 Å². The number of carbonyl (C=O) groups excluding carboxylic acids is 2. The zero-order valence-electron chi connectivity index (χ0n) is 13.5. The van der Waals surface area contributed by atoms with Gasteiger partial charge in [0.15, 0.2) is 6.10 Å². The van der Waals surface area contributed by atoms with Crippen LogP contribution < -0.4 is 10.9 Å². The Bertz CT molecular complexity index is 787. The topological polar surface area (TPSA) is 110 Å². The van der Waals surface area contributed by atoms with Crippen LogP contribution in [0.5, 0.6) is 0 Å². The Balaban J connectivity index is 2.01. The predicted molar refractivity (Wildman–Crippen MR) is 86.5 cm³/mol. The largest absolute Gasteiger partial charge is 0.452 e. The maximum atomic E-state index is 12.0. The van der Waals surface area contributed by atoms with Crippen LogP contribution in [0.3, 0.4) is 0 Å². The fraction of sp³-hybridized carbons (Fsp3) is 0.375. The first-order chi connectivity index (χ1) is 11.5. The van der Waals surface area contributed by atoms with Crippen LogP contribution in [0.15, 0.2) is 29.1 Å². The van der Waals surface area contributed by atoms with E-state index < -0.39 is 18.0 Å². The maximum absolute atomic E-state index is 12.0. The molecule has 0 aliphatic carbocycles. The molecule has 0 aliphatic rings. The van der Waals surface area contributed by atoms with E-state index in [4.69, 9.17) is 9.47 Å². The van der Waals surface area contributed by atoms with Crippen LogP contribution in [0.4, 0.5) is 0 Å². The van der Waals surface area contributed by atoms with Crippen LogP contribution in [-0.4, -0.2) is 48.4 Å². The molecule has 1 heterocycles. The van der Waals surface area contributed by atoms with E-state index in [1.165, 1.54) is 14.0 Å². The fourth-order valence-electron chi connectivity index (χ4n) is 2.16. The number of rotatable bonds is 7. The van der Waals surface area contributed by atoms with Crippen molar-refractivity contribution >= 4 is 22.6 Å². The molecule has 1 amide bonds. The highest BCUT2D eigenvalue weighted by atomic mass is 16.5. The van der Waals surface area contributed by atoms with E-state index in [-0.39, 0.29) is 12.0 Å². The molecule has 2 rings (SSSR count). The lowest BCUT2D eigenvalue weighted by Gasteiger charge is -2.13. The van der Waals surface area contributed by atoms with Crippen molar-refractivity contribution in [2.75, 3.05) is 20.3 Å². The first kappa shape index (κ1) is 17.6. The molecule has 1 atom stereocenters. The van der Waals surface area contributed by atoms with Gasteiger partial charge in [0, 0.05) is 19.0 Å². The number of aromatic amines is 1. The monoisotopic (exact) mass is 333 g/mol. The first-order valence-electron chi connectivity index (χ1n) is 7.45. The second kappa shape index (κ2) is 8.21. The van der Waals surface area contributed by atoms with E-state index in [0.717, 1.165) is 0 Å². The number of aromatic nitrogens is 2. The summed E-state index contributed by atoms with van der Waals surface area (Å²) in [5, 5.41) is 9.87. The van der Waals surface area contributed by atoms with E-state index in [1.807, 2.05) is 0 Å². The lowest BCUT2D eigenvalue weighted by molar-refractivity contribution is -0.154. The molecule has 8 nitrogen and oxygen atoms in total. The number of H-pyrrole nitrogens is 1. The minimum atomic E-state index is -0.927. The first-order valence-corrected chi connectivity index (χ1v) is 7.45. The Morgan fingerprint density at radius 2 is 2.00 bits per heavy atom. The van der Waals surface area contributed by atoms with Crippen molar-refractivity contribution in [3.63, 3.8) is 0 Å². The Kier molecular flexibility index (Phi) is 6.02. The number of carbonyl (C=O) groups is 2. The number of benzene rings is 1. The molecule has 2 N–H and O–H groups in total. The van der Waals surface area contributed by atoms with Gasteiger partial charge >= 0.3 is 5.97 Å². The Morgan fingerprint density at radius 3 is 2.71 bits per heavy atom. The summed E-state index contributed by atoms with van der Waals surface area (Å²) in [6.45, 7) is 2.20. The normalized spacial score (nSPS) is 11.9. The van der Waals surface area contributed by atoms with E-state index in [2.05, 4.69) is 15.5 Å². The molecule has 24 heavy (non-hydrogen) atoms. The highest BCUT2D eigenvalue weighted by Gasteiger charge is 2.19. The zero-order chi connectivity index (χ0) is 17.5. The van der Waals surface area contributed by atoms with Crippen LogP contribution in [0.25, 0.3) is 10.8 Å². The summed E-state index contributed by atoms with van der Waals surface area (Å²) in [5.74, 6) is -1.01. The number of hydrogen-bond acceptors (Lipinski definition) is 6. The SMILES string of the molecule is COCCNC(=O)[C@H](C)OC(=O)Cc1n[nH]c(=O)c2ccccc12. The Hall–Kier alpha value is -2.74. The van der Waals surface area contributed by atoms with Crippen molar-refractivity contribution < 1.29 is 19.1 Å². The molecule has 0 saturated carbocycles. The van der Waals surface area contributed by atoms with Gasteiger partial charge in [0.25, 0.3) is 11.5 Å². The summed E-state index contributed by atoms with van der Waals surface area (Å²) in [7, 11) is 1.52. The van der Waals surface area contributed by atoms with Gasteiger partial charge in [-0.15, -0.1) is 0 Å². The quantitative estimate of drug-likeness (QED) is 0.552. The van der Waals surface area contributed by atoms with Crippen LogP contribution >= 0.6 is 0 Å². The third-order valence-corrected chi connectivity index (χ3v) is 3.37. The maximum Gasteiger partial charge on any atom is 0.312 e. The smallest absolute Gasteiger partial charge is 0.312 e. The number of hydrogen-bond donors (Lipinski definition) is 2. The van der Waals surface area contributed by atoms with Gasteiger partial charge in [0.05, 0.1) is 24.1 Å². The number of amides is 1. The van der Waals surface area contributed by atoms with E-state index in [0.29, 0.717) is 29.6 Å². The average Bonchev–Trinajstić information content (AvgIpc) is 2.57. The summed E-state index contributed by atoms with van der Waals surface area (Å²) in [6, 6.07) is 6.84. The van der Waals surface area contributed by atoms with Gasteiger partial charge < -0.3 is 14.8 Å². The van der Waals surface area contributed by atoms with E-state index >= 15 is 0 Å². The average molecular weight is 333 g/mol. The molecule has 0 spiro atoms. The summed E-state index contributed by atoms with van der Waals surface area (Å²) < 4.78 is 9.92. The van der Waals surface area contributed by atoms with Crippen molar-refractivity contribution in [3.8, 4) is 0 Å². The molecule has 128 valence electrons. The summed E-state index contributed by atoms with van der Waals surface area (Å²) >= 11 is 0. The highest BCUT2D eigenvalue weighted by Crippen LogP contribution is 2.13. The van der Waals surface area contributed by atoms with Gasteiger partial charge in [-0.2, -0.15) is 5.10 Å². The number of esters is 1. The zero-order valence-corrected chi connectivity index (χ0v) is 13.5. The van der Waals surface area contributed by atoms with Gasteiger partial charge in [-0.25, -0.2) is 5.10 Å². The molecule has 0 radical (unpaired) electrons. The molecule has 0 fully saturated rings. The number of nitrogens with zero attached hydrogens (tertiary/aromatic N) is 1. The molecular weight excluding hydrogens is 314 g/mol. The molecule has 1 aromatic heterocycles. The molecule has 0 saturated heterocycles. The number of nitrogens with one attached hydrogen (secondary N) is 2. The lowest BCUT2D eigenvalue weighted by atomic mass is 10.1. The number of ether oxygens (including phenoxy) is 2. The van der Waals surface area contributed by atoms with Crippen LogP contribution in [0.2, 0.25) is 0 Å². The molecule has 2 aromatic rings. The minimum absolute atomic E-state index is 0.146. The van der Waals surface area contributed by atoms with E-state index in [1.54, 1.807) is 24.3 Å². The molecule has 1 aromatic carbocycles. The Labute approximate surface area is 138 Å². The van der Waals surface area contributed by atoms with Crippen molar-refractivity contribution in [1.82, 2.24) is 15.5 Å². The molecule has 8 heteroatoms. The summed E-state index contributed by atoms with van der Waals surface area (Å²) in [4.78, 5) is 35.5. The van der Waals surface area contributed by atoms with Gasteiger partial charge in [-0.3, -0.25) is 14.4 Å². The van der Waals surface area contributed by atoms with E-state index in [9.17, 15) is 14.4 Å². The van der Waals surface area contributed by atoms with Gasteiger partial charge in [-0.1, -0.05) is 18.2 Å². The standard InChI is InChI=1S/C16H19N3O5/c1-10(15(21)17-7-8-23-2)24-14(20)9-13-11-5-3-4-6-12(11)16(22)19-18-13/h3-6,10H,7-9H2,1-2H3,(H,17,21)(H,19,22)/t10-/m0/s1. The number of fused-ring (bicyclic) bond motifs is 1. The Morgan fingerprint density at radius 1 is 1.29 bits per heavy atom. The molecular formula is C16H19N3O5. The molecule has 0 unspecified atom stereocenters. The van der Waals surface area contributed by atoms with Gasteiger partial charge in [-0.05, 0) is 13.0 Å². The third kappa shape index (κ3) is 4.39. The van der Waals surface area contributed by atoms with Crippen molar-refractivity contribution in [2.24, 2.45) is 0 Å². The molecule has 0 aliphatic heterocycles. The van der Waals surface area contributed by atoms with Crippen molar-refractivity contribution in [3.05, 3.63) is 40.3 Å². The van der Waals surface area contributed by atoms with Crippen LogP contribution in [0, 0.1) is 0 Å². The summed E-state index contributed by atoms with van der Waals surface area (Å²) in [5.41, 5.74) is 0.0656. The van der Waals surface area contributed by atoms with Crippen molar-refractivity contribution in [2.45, 2.75) is 19.4 Å². The fourth-order valence-corrected chi connectivity index (χ4v) is 2.16. The highest BCUT2D eigenvalue weighted by molar-refractivity contribution is 5.88. The summed E-state index contributed by atoms with van der Waals surface area (Å²) in [6.07, 6.45) is -1.07. The van der Waals surface area contributed by atoms with Gasteiger partial charge in [0.1, 0.15) is 0 Å². The second-order valence-electron chi connectivity index (χ2n) is 5.14.